The summed E-state index contributed by atoms with van der Waals surface area (Å²) in [4.78, 5) is 25.5. The number of nitrogens with one attached hydrogen (secondary N) is 1. The fraction of sp³-hybridized carbons (Fsp3) is 0.667. The van der Waals surface area contributed by atoms with E-state index in [1.165, 1.54) is 27.2 Å². The van der Waals surface area contributed by atoms with Gasteiger partial charge in [0.25, 0.3) is 5.56 Å². The molecule has 2 aliphatic rings. The Balaban J connectivity index is 1.75. The molecule has 2 atom stereocenters. The van der Waals surface area contributed by atoms with Crippen molar-refractivity contribution < 1.29 is 22.8 Å². The van der Waals surface area contributed by atoms with Gasteiger partial charge in [-0.15, -0.1) is 0 Å². The van der Waals surface area contributed by atoms with Gasteiger partial charge in [0.1, 0.15) is 5.92 Å². The third kappa shape index (κ3) is 4.59. The van der Waals surface area contributed by atoms with Crippen LogP contribution < -0.4 is 10.5 Å². The number of ether oxygens (including phenoxy) is 1. The summed E-state index contributed by atoms with van der Waals surface area (Å²) in [6, 6.07) is 2.70. The molecule has 0 radical (unpaired) electrons. The lowest BCUT2D eigenvalue weighted by Gasteiger charge is -2.29. The Morgan fingerprint density at radius 2 is 2.00 bits per heavy atom. The van der Waals surface area contributed by atoms with E-state index in [4.69, 9.17) is 4.74 Å². The monoisotopic (exact) mass is 398 g/mol. The number of pyridine rings is 1. The Hall–Kier alpha value is -1.71. The molecule has 1 N–H and O–H groups in total. The first-order valence-electron chi connectivity index (χ1n) is 9.62. The lowest BCUT2D eigenvalue weighted by Crippen LogP contribution is -3.13. The molecule has 150 valence electrons. The average molecular weight is 399 g/mol. The minimum absolute atomic E-state index is 0.155. The highest BCUT2D eigenvalue weighted by atomic mass is 32.2. The molecule has 2 aliphatic heterocycles. The van der Waals surface area contributed by atoms with Gasteiger partial charge in [-0.3, -0.25) is 14.2 Å². The van der Waals surface area contributed by atoms with Gasteiger partial charge in [0.2, 0.25) is 10.0 Å². The first-order valence-corrected chi connectivity index (χ1v) is 11.1. The lowest BCUT2D eigenvalue weighted by molar-refractivity contribution is -0.930. The molecule has 0 bridgehead atoms. The summed E-state index contributed by atoms with van der Waals surface area (Å²) in [6.07, 6.45) is 4.84. The van der Waals surface area contributed by atoms with Gasteiger partial charge in [-0.05, 0) is 38.7 Å². The Bertz CT molecular complexity index is 830. The summed E-state index contributed by atoms with van der Waals surface area (Å²) in [5.41, 5.74) is -0.235. The smallest absolute Gasteiger partial charge is 0.314 e. The van der Waals surface area contributed by atoms with E-state index in [1.807, 2.05) is 0 Å². The van der Waals surface area contributed by atoms with Crippen LogP contribution in [0.5, 0.6) is 0 Å². The Kier molecular flexibility index (Phi) is 6.33. The Morgan fingerprint density at radius 1 is 1.26 bits per heavy atom. The van der Waals surface area contributed by atoms with Crippen molar-refractivity contribution in [1.29, 1.82) is 0 Å². The molecule has 8 nitrogen and oxygen atoms in total. The number of nitrogens with zero attached hydrogens (tertiary/aromatic N) is 2. The Morgan fingerprint density at radius 3 is 2.70 bits per heavy atom. The molecular formula is C18H28N3O5S+. The highest BCUT2D eigenvalue weighted by Crippen LogP contribution is 2.19. The fourth-order valence-corrected chi connectivity index (χ4v) is 5.40. The molecule has 0 aromatic carbocycles. The normalized spacial score (nSPS) is 24.0. The summed E-state index contributed by atoms with van der Waals surface area (Å²) in [5, 5.41) is 0. The molecule has 2 saturated heterocycles. The van der Waals surface area contributed by atoms with Gasteiger partial charge in [-0.25, -0.2) is 8.42 Å². The van der Waals surface area contributed by atoms with E-state index in [0.717, 1.165) is 37.1 Å². The highest BCUT2D eigenvalue weighted by Gasteiger charge is 2.31. The van der Waals surface area contributed by atoms with Crippen LogP contribution in [0.4, 0.5) is 0 Å². The number of esters is 1. The second-order valence-corrected chi connectivity index (χ2v) is 9.18. The second-order valence-electron chi connectivity index (χ2n) is 7.24. The minimum Gasteiger partial charge on any atom is -0.466 e. The predicted molar refractivity (Wildman–Crippen MR) is 98.7 cm³/mol. The van der Waals surface area contributed by atoms with Crippen molar-refractivity contribution in [3.63, 3.8) is 0 Å². The van der Waals surface area contributed by atoms with Crippen LogP contribution in [0.3, 0.4) is 0 Å². The highest BCUT2D eigenvalue weighted by molar-refractivity contribution is 7.89. The zero-order valence-electron chi connectivity index (χ0n) is 15.7. The minimum atomic E-state index is -3.56. The molecule has 9 heteroatoms. The van der Waals surface area contributed by atoms with Gasteiger partial charge in [0.15, 0.2) is 6.67 Å². The van der Waals surface area contributed by atoms with Crippen molar-refractivity contribution in [1.82, 2.24) is 8.87 Å². The first-order chi connectivity index (χ1) is 12.9. The fourth-order valence-electron chi connectivity index (χ4n) is 3.86. The number of carbonyl (C=O) groups excluding carboxylic acids is 1. The van der Waals surface area contributed by atoms with Crippen LogP contribution in [-0.2, 0) is 26.2 Å². The predicted octanol–water partition coefficient (Wildman–Crippen LogP) is -0.552. The van der Waals surface area contributed by atoms with Crippen molar-refractivity contribution in [2.45, 2.75) is 44.2 Å². The molecule has 1 unspecified atom stereocenters. The van der Waals surface area contributed by atoms with Gasteiger partial charge in [-0.2, -0.15) is 4.31 Å². The maximum absolute atomic E-state index is 12.7. The number of rotatable bonds is 6. The number of hydrogen-bond acceptors (Lipinski definition) is 5. The number of aromatic nitrogens is 1. The summed E-state index contributed by atoms with van der Waals surface area (Å²) >= 11 is 0. The number of sulfonamides is 1. The number of piperidine rings is 1. The third-order valence-electron chi connectivity index (χ3n) is 5.29. The van der Waals surface area contributed by atoms with Crippen LogP contribution >= 0.6 is 0 Å². The number of quaternary nitrogens is 1. The molecule has 0 amide bonds. The quantitative estimate of drug-likeness (QED) is 0.650. The lowest BCUT2D eigenvalue weighted by atomic mass is 9.98. The van der Waals surface area contributed by atoms with E-state index in [-0.39, 0.29) is 22.3 Å². The number of hydrogen-bond donors (Lipinski definition) is 1. The molecular weight excluding hydrogens is 370 g/mol. The van der Waals surface area contributed by atoms with Crippen LogP contribution in [0.2, 0.25) is 0 Å². The molecule has 1 aromatic heterocycles. The van der Waals surface area contributed by atoms with Crippen molar-refractivity contribution >= 4 is 16.0 Å². The average Bonchev–Trinajstić information content (AvgIpc) is 3.19. The first kappa shape index (κ1) is 20.0. The van der Waals surface area contributed by atoms with E-state index in [0.29, 0.717) is 32.9 Å². The van der Waals surface area contributed by atoms with Gasteiger partial charge in [-0.1, -0.05) is 0 Å². The maximum atomic E-state index is 12.7. The standard InChI is InChI=1S/C18H27N3O5S/c1-2-26-18(23)15-6-5-9-19(12-15)14-20-13-16(7-8-17(20)22)27(24,25)21-10-3-4-11-21/h7-8,13,15H,2-6,9-12,14H2,1H3/p+1/t15-/m0/s1. The zero-order valence-corrected chi connectivity index (χ0v) is 16.5. The van der Waals surface area contributed by atoms with Crippen molar-refractivity contribution in [2.24, 2.45) is 5.92 Å². The van der Waals surface area contributed by atoms with Crippen LogP contribution in [-0.4, -0.2) is 56.0 Å². The van der Waals surface area contributed by atoms with Crippen LogP contribution in [0.25, 0.3) is 0 Å². The summed E-state index contributed by atoms with van der Waals surface area (Å²) in [6.45, 7) is 4.98. The van der Waals surface area contributed by atoms with Gasteiger partial charge < -0.3 is 9.64 Å². The number of likely N-dealkylation sites (tertiary alicyclic amines) is 1. The summed E-state index contributed by atoms with van der Waals surface area (Å²) < 4.78 is 33.5. The molecule has 3 heterocycles. The molecule has 3 rings (SSSR count). The largest absolute Gasteiger partial charge is 0.466 e. The van der Waals surface area contributed by atoms with Crippen LogP contribution in [0.15, 0.2) is 28.0 Å². The summed E-state index contributed by atoms with van der Waals surface area (Å²) in [5.74, 6) is -0.353. The van der Waals surface area contributed by atoms with E-state index in [1.54, 1.807) is 6.92 Å². The molecule has 0 saturated carbocycles. The van der Waals surface area contributed by atoms with E-state index < -0.39 is 10.0 Å². The zero-order chi connectivity index (χ0) is 19.4. The van der Waals surface area contributed by atoms with E-state index >= 15 is 0 Å². The molecule has 0 aliphatic carbocycles. The third-order valence-corrected chi connectivity index (χ3v) is 7.17. The van der Waals surface area contributed by atoms with Gasteiger partial charge >= 0.3 is 5.97 Å². The van der Waals surface area contributed by atoms with Crippen LogP contribution in [0, 0.1) is 5.92 Å². The van der Waals surface area contributed by atoms with Crippen molar-refractivity contribution in [3.8, 4) is 0 Å². The van der Waals surface area contributed by atoms with Gasteiger partial charge in [0, 0.05) is 25.4 Å². The van der Waals surface area contributed by atoms with E-state index in [2.05, 4.69) is 0 Å². The molecule has 0 spiro atoms. The van der Waals surface area contributed by atoms with E-state index in [9.17, 15) is 18.0 Å². The SMILES string of the molecule is CCOC(=O)[C@H]1CCC[NH+](Cn2cc(S(=O)(=O)N3CCCC3)ccc2=O)C1. The van der Waals surface area contributed by atoms with Crippen molar-refractivity contribution in [2.75, 3.05) is 32.8 Å². The second kappa shape index (κ2) is 8.53. The Labute approximate surface area is 159 Å². The summed E-state index contributed by atoms with van der Waals surface area (Å²) in [7, 11) is -3.56. The topological polar surface area (TPSA) is 90.1 Å². The van der Waals surface area contributed by atoms with Crippen LogP contribution in [0.1, 0.15) is 32.6 Å². The van der Waals surface area contributed by atoms with Crippen molar-refractivity contribution in [3.05, 3.63) is 28.7 Å². The van der Waals surface area contributed by atoms with Gasteiger partial charge in [0.05, 0.1) is 24.6 Å². The molecule has 1 aromatic rings. The number of carbonyl (C=O) groups is 1. The molecule has 2 fully saturated rings. The maximum Gasteiger partial charge on any atom is 0.314 e. The molecule has 27 heavy (non-hydrogen) atoms.